The zero-order chi connectivity index (χ0) is 25.1. The molecule has 2 heterocycles. The summed E-state index contributed by atoms with van der Waals surface area (Å²) in [5.74, 6) is -2.67. The van der Waals surface area contributed by atoms with Crippen LogP contribution in [-0.4, -0.2) is 40.4 Å². The number of hydrogen-bond acceptors (Lipinski definition) is 4. The van der Waals surface area contributed by atoms with Crippen LogP contribution in [0.25, 0.3) is 5.69 Å². The molecule has 1 aliphatic heterocycles. The highest BCUT2D eigenvalue weighted by molar-refractivity contribution is 6.30. The maximum Gasteiger partial charge on any atom is 0.255 e. The van der Waals surface area contributed by atoms with E-state index in [9.17, 15) is 18.8 Å². The Bertz CT molecular complexity index is 1290. The topological polar surface area (TPSA) is 83.4 Å². The van der Waals surface area contributed by atoms with Crippen LogP contribution in [0.1, 0.15) is 13.8 Å². The highest BCUT2D eigenvalue weighted by Gasteiger charge is 2.42. The van der Waals surface area contributed by atoms with Crippen LogP contribution in [0.5, 0.6) is 0 Å². The highest BCUT2D eigenvalue weighted by atomic mass is 35.5. The number of likely N-dealkylation sites (tertiary alicyclic amines) is 1. The third-order valence-corrected chi connectivity index (χ3v) is 6.43. The first-order chi connectivity index (χ1) is 16.7. The Labute approximate surface area is 207 Å². The van der Waals surface area contributed by atoms with Gasteiger partial charge >= 0.3 is 0 Å². The van der Waals surface area contributed by atoms with Gasteiger partial charge in [0.1, 0.15) is 5.82 Å². The number of halogens is 2. The van der Waals surface area contributed by atoms with Crippen molar-refractivity contribution in [2.75, 3.05) is 23.7 Å². The lowest BCUT2D eigenvalue weighted by atomic mass is 9.94. The first kappa shape index (κ1) is 24.6. The number of hydrogen-bond donors (Lipinski definition) is 2. The standard InChI is InChI=1S/C26H26ClFN4O3/c1-16(2)31-14-20(25(34)29-18-8-6-17(27)7-9-18)21(15-31)26(35)30-23-11-10-19(13-22(23)28)32-12-4-3-5-24(32)33/h3-13,16,20-21H,14-15H2,1-2H3,(H,29,34)(H,30,35)/t20-,21-/m0/s1. The van der Waals surface area contributed by atoms with Crippen LogP contribution in [0.15, 0.2) is 71.7 Å². The van der Waals surface area contributed by atoms with Gasteiger partial charge in [-0.05, 0) is 56.3 Å². The number of benzene rings is 2. The molecule has 2 amide bonds. The molecule has 0 radical (unpaired) electrons. The molecular formula is C26H26ClFN4O3. The Morgan fingerprint density at radius 2 is 1.63 bits per heavy atom. The molecule has 1 saturated heterocycles. The van der Waals surface area contributed by atoms with Gasteiger partial charge in [0.05, 0.1) is 23.2 Å². The summed E-state index contributed by atoms with van der Waals surface area (Å²) in [6.45, 7) is 4.78. The van der Waals surface area contributed by atoms with Crippen LogP contribution < -0.4 is 16.2 Å². The molecule has 7 nitrogen and oxygen atoms in total. The molecule has 9 heteroatoms. The molecule has 2 aromatic carbocycles. The van der Waals surface area contributed by atoms with Crippen molar-refractivity contribution >= 4 is 34.8 Å². The molecule has 1 fully saturated rings. The van der Waals surface area contributed by atoms with Crippen LogP contribution in [0.4, 0.5) is 15.8 Å². The number of rotatable bonds is 6. The highest BCUT2D eigenvalue weighted by Crippen LogP contribution is 2.29. The predicted octanol–water partition coefficient (Wildman–Crippen LogP) is 4.16. The molecule has 0 saturated carbocycles. The Hall–Kier alpha value is -3.49. The molecule has 4 rings (SSSR count). The van der Waals surface area contributed by atoms with Gasteiger partial charge in [-0.2, -0.15) is 0 Å². The molecule has 182 valence electrons. The van der Waals surface area contributed by atoms with E-state index in [1.54, 1.807) is 42.5 Å². The molecule has 1 aromatic heterocycles. The molecule has 0 bridgehead atoms. The fraction of sp³-hybridized carbons (Fsp3) is 0.269. The van der Waals surface area contributed by atoms with Gasteiger partial charge in [-0.3, -0.25) is 23.9 Å². The second-order valence-corrected chi connectivity index (χ2v) is 9.26. The number of nitrogens with zero attached hydrogens (tertiary/aromatic N) is 2. The Balaban J connectivity index is 1.52. The smallest absolute Gasteiger partial charge is 0.255 e. The predicted molar refractivity (Wildman–Crippen MR) is 134 cm³/mol. The van der Waals surface area contributed by atoms with Gasteiger partial charge in [-0.15, -0.1) is 0 Å². The SMILES string of the molecule is CC(C)N1C[C@H](C(=O)Nc2ccc(Cl)cc2)[C@@H](C(=O)Nc2ccc(-n3ccccc3=O)cc2F)C1. The summed E-state index contributed by atoms with van der Waals surface area (Å²) in [6, 6.07) is 15.7. The normalized spacial score (nSPS) is 18.0. The van der Waals surface area contributed by atoms with Crippen LogP contribution in [0.3, 0.4) is 0 Å². The van der Waals surface area contributed by atoms with Crippen molar-refractivity contribution in [2.45, 2.75) is 19.9 Å². The minimum absolute atomic E-state index is 0.0115. The Kier molecular flexibility index (Phi) is 7.33. The summed E-state index contributed by atoms with van der Waals surface area (Å²) >= 11 is 5.92. The summed E-state index contributed by atoms with van der Waals surface area (Å²) in [6.07, 6.45) is 1.54. The third-order valence-electron chi connectivity index (χ3n) is 6.17. The summed E-state index contributed by atoms with van der Waals surface area (Å²) in [5, 5.41) is 6.04. The molecule has 35 heavy (non-hydrogen) atoms. The fourth-order valence-electron chi connectivity index (χ4n) is 4.18. The Morgan fingerprint density at radius 1 is 0.971 bits per heavy atom. The maximum atomic E-state index is 14.9. The lowest BCUT2D eigenvalue weighted by molar-refractivity contribution is -0.127. The van der Waals surface area contributed by atoms with E-state index in [2.05, 4.69) is 15.5 Å². The Morgan fingerprint density at radius 3 is 2.23 bits per heavy atom. The second kappa shape index (κ2) is 10.4. The first-order valence-corrected chi connectivity index (χ1v) is 11.7. The molecule has 0 aliphatic carbocycles. The second-order valence-electron chi connectivity index (χ2n) is 8.82. The van der Waals surface area contributed by atoms with E-state index in [1.165, 1.54) is 29.0 Å². The monoisotopic (exact) mass is 496 g/mol. The quantitative estimate of drug-likeness (QED) is 0.536. The van der Waals surface area contributed by atoms with E-state index in [4.69, 9.17) is 11.6 Å². The van der Waals surface area contributed by atoms with E-state index in [-0.39, 0.29) is 23.2 Å². The van der Waals surface area contributed by atoms with Crippen LogP contribution in [0.2, 0.25) is 5.02 Å². The molecule has 0 spiro atoms. The molecule has 0 unspecified atom stereocenters. The number of amides is 2. The van der Waals surface area contributed by atoms with E-state index < -0.39 is 23.6 Å². The zero-order valence-electron chi connectivity index (χ0n) is 19.4. The number of anilines is 2. The lowest BCUT2D eigenvalue weighted by Gasteiger charge is -2.19. The van der Waals surface area contributed by atoms with Gasteiger partial charge in [0.25, 0.3) is 5.56 Å². The summed E-state index contributed by atoms with van der Waals surface area (Å²) < 4.78 is 16.2. The average molecular weight is 497 g/mol. The summed E-state index contributed by atoms with van der Waals surface area (Å²) in [7, 11) is 0. The molecule has 1 aliphatic rings. The minimum Gasteiger partial charge on any atom is -0.326 e. The molecular weight excluding hydrogens is 471 g/mol. The number of nitrogens with one attached hydrogen (secondary N) is 2. The number of pyridine rings is 1. The molecule has 3 aromatic rings. The lowest BCUT2D eigenvalue weighted by Crippen LogP contribution is -2.35. The zero-order valence-corrected chi connectivity index (χ0v) is 20.1. The average Bonchev–Trinajstić information content (AvgIpc) is 3.29. The molecule has 2 atom stereocenters. The van der Waals surface area contributed by atoms with Crippen LogP contribution in [0, 0.1) is 17.7 Å². The summed E-state index contributed by atoms with van der Waals surface area (Å²) in [4.78, 5) is 40.4. The maximum absolute atomic E-state index is 14.9. The van der Waals surface area contributed by atoms with E-state index in [0.29, 0.717) is 29.5 Å². The third kappa shape index (κ3) is 5.61. The van der Waals surface area contributed by atoms with Gasteiger partial charge < -0.3 is 10.6 Å². The largest absolute Gasteiger partial charge is 0.326 e. The first-order valence-electron chi connectivity index (χ1n) is 11.3. The van der Waals surface area contributed by atoms with Gasteiger partial charge in [0.2, 0.25) is 11.8 Å². The van der Waals surface area contributed by atoms with Gasteiger partial charge in [0, 0.05) is 48.2 Å². The number of carbonyl (C=O) groups is 2. The number of carbonyl (C=O) groups excluding carboxylic acids is 2. The van der Waals surface area contributed by atoms with Gasteiger partial charge in [-0.25, -0.2) is 4.39 Å². The minimum atomic E-state index is -0.674. The fourth-order valence-corrected chi connectivity index (χ4v) is 4.30. The van der Waals surface area contributed by atoms with Crippen LogP contribution in [-0.2, 0) is 9.59 Å². The van der Waals surface area contributed by atoms with Crippen molar-refractivity contribution in [3.8, 4) is 5.69 Å². The van der Waals surface area contributed by atoms with E-state index in [1.807, 2.05) is 13.8 Å². The van der Waals surface area contributed by atoms with Gasteiger partial charge in [-0.1, -0.05) is 17.7 Å². The van der Waals surface area contributed by atoms with Crippen LogP contribution >= 0.6 is 11.6 Å². The molecule has 2 N–H and O–H groups in total. The van der Waals surface area contributed by atoms with Crippen molar-refractivity contribution in [3.63, 3.8) is 0 Å². The van der Waals surface area contributed by atoms with Crippen molar-refractivity contribution < 1.29 is 14.0 Å². The summed E-state index contributed by atoms with van der Waals surface area (Å²) in [5.41, 5.74) is 0.623. The van der Waals surface area contributed by atoms with Crippen molar-refractivity contribution in [2.24, 2.45) is 11.8 Å². The van der Waals surface area contributed by atoms with Crippen molar-refractivity contribution in [1.82, 2.24) is 9.47 Å². The van der Waals surface area contributed by atoms with E-state index >= 15 is 0 Å². The van der Waals surface area contributed by atoms with Crippen molar-refractivity contribution in [1.29, 1.82) is 0 Å². The van der Waals surface area contributed by atoms with Crippen molar-refractivity contribution in [3.05, 3.63) is 88.1 Å². The van der Waals surface area contributed by atoms with Gasteiger partial charge in [0.15, 0.2) is 0 Å². The number of aromatic nitrogens is 1. The van der Waals surface area contributed by atoms with E-state index in [0.717, 1.165) is 0 Å².